The second kappa shape index (κ2) is 8.51. The molecule has 0 saturated heterocycles. The van der Waals surface area contributed by atoms with Crippen LogP contribution in [0.25, 0.3) is 0 Å². The Kier molecular flexibility index (Phi) is 8.09. The molecule has 0 saturated carbocycles. The van der Waals surface area contributed by atoms with E-state index in [2.05, 4.69) is 6.08 Å². The van der Waals surface area contributed by atoms with Gasteiger partial charge in [-0.25, -0.2) is 0 Å². The van der Waals surface area contributed by atoms with E-state index in [9.17, 15) is 0 Å². The van der Waals surface area contributed by atoms with Crippen LogP contribution in [0.3, 0.4) is 0 Å². The molecule has 0 aliphatic heterocycles. The zero-order valence-corrected chi connectivity index (χ0v) is 7.01. The van der Waals surface area contributed by atoms with E-state index in [-0.39, 0.29) is 0 Å². The van der Waals surface area contributed by atoms with Gasteiger partial charge >= 0.3 is 0 Å². The zero-order chi connectivity index (χ0) is 7.66. The van der Waals surface area contributed by atoms with Gasteiger partial charge in [0.1, 0.15) is 0 Å². The van der Waals surface area contributed by atoms with Gasteiger partial charge in [-0.15, -0.1) is 0 Å². The maximum absolute atomic E-state index is 5.32. The summed E-state index contributed by atoms with van der Waals surface area (Å²) < 4.78 is 0. The zero-order valence-electron chi connectivity index (χ0n) is 6.26. The molecule has 0 fully saturated rings. The molecular weight excluding hydrogens is 144 g/mol. The van der Waals surface area contributed by atoms with E-state index in [1.165, 1.54) is 0 Å². The Morgan fingerprint density at radius 1 is 1.10 bits per heavy atom. The van der Waals surface area contributed by atoms with E-state index in [4.69, 9.17) is 11.6 Å². The molecule has 1 heteroatoms. The van der Waals surface area contributed by atoms with Gasteiger partial charge in [0.15, 0.2) is 0 Å². The van der Waals surface area contributed by atoms with Crippen LogP contribution in [-0.4, -0.2) is 0 Å². The molecule has 56 valence electrons. The minimum Gasteiger partial charge on any atom is -0.0933 e. The number of hydrogen-bond donors (Lipinski definition) is 0. The van der Waals surface area contributed by atoms with E-state index in [1.807, 2.05) is 31.2 Å². The summed E-state index contributed by atoms with van der Waals surface area (Å²) in [5, 5.41) is 0. The van der Waals surface area contributed by atoms with Crippen LogP contribution in [0.4, 0.5) is 0 Å². The van der Waals surface area contributed by atoms with Crippen LogP contribution in [0.5, 0.6) is 0 Å². The van der Waals surface area contributed by atoms with Crippen LogP contribution in [-0.2, 0) is 0 Å². The standard InChI is InChI=1S/C9H13Cl/c1-2-3-4-5-6-7-8-9-10/h2-5,8-9H,6-7H2,1H3/b3-2+,5-4+,9-8+. The SMILES string of the molecule is C/C=C/C=C/CC/C=C/Cl. The first-order valence-corrected chi connectivity index (χ1v) is 3.88. The second-order valence-electron chi connectivity index (χ2n) is 1.89. The van der Waals surface area contributed by atoms with Gasteiger partial charge in [0.05, 0.1) is 0 Å². The van der Waals surface area contributed by atoms with Crippen LogP contribution < -0.4 is 0 Å². The predicted molar refractivity (Wildman–Crippen MR) is 48.2 cm³/mol. The second-order valence-corrected chi connectivity index (χ2v) is 2.14. The van der Waals surface area contributed by atoms with E-state index >= 15 is 0 Å². The first-order valence-electron chi connectivity index (χ1n) is 3.45. The summed E-state index contributed by atoms with van der Waals surface area (Å²) in [6.07, 6.45) is 12.2. The Morgan fingerprint density at radius 3 is 2.40 bits per heavy atom. The maximum atomic E-state index is 5.32. The van der Waals surface area contributed by atoms with Gasteiger partial charge in [-0.3, -0.25) is 0 Å². The first kappa shape index (κ1) is 9.51. The van der Waals surface area contributed by atoms with Crippen LogP contribution in [0.2, 0.25) is 0 Å². The number of rotatable bonds is 4. The van der Waals surface area contributed by atoms with Crippen LogP contribution in [0, 0.1) is 0 Å². The van der Waals surface area contributed by atoms with Crippen molar-refractivity contribution in [2.75, 3.05) is 0 Å². The summed E-state index contributed by atoms with van der Waals surface area (Å²) in [6, 6.07) is 0. The van der Waals surface area contributed by atoms with Crippen molar-refractivity contribution in [3.8, 4) is 0 Å². The minimum absolute atomic E-state index is 1.03. The summed E-state index contributed by atoms with van der Waals surface area (Å²) in [5.41, 5.74) is 1.56. The summed E-state index contributed by atoms with van der Waals surface area (Å²) in [5.74, 6) is 0. The van der Waals surface area contributed by atoms with E-state index in [1.54, 1.807) is 5.54 Å². The lowest BCUT2D eigenvalue weighted by Crippen LogP contribution is -1.61. The lowest BCUT2D eigenvalue weighted by atomic mass is 10.3. The fourth-order valence-corrected chi connectivity index (χ4v) is 0.667. The quantitative estimate of drug-likeness (QED) is 0.431. The molecular formula is C9H13Cl. The highest BCUT2D eigenvalue weighted by atomic mass is 35.5. The van der Waals surface area contributed by atoms with Gasteiger partial charge in [-0.05, 0) is 19.8 Å². The van der Waals surface area contributed by atoms with Crippen molar-refractivity contribution in [3.05, 3.63) is 35.9 Å². The summed E-state index contributed by atoms with van der Waals surface area (Å²) in [7, 11) is 0. The highest BCUT2D eigenvalue weighted by molar-refractivity contribution is 6.25. The Hall–Kier alpha value is -0.490. The van der Waals surface area contributed by atoms with Crippen molar-refractivity contribution in [1.82, 2.24) is 0 Å². The average Bonchev–Trinajstić information content (AvgIpc) is 1.97. The third-order valence-corrected chi connectivity index (χ3v) is 1.21. The molecule has 0 bridgehead atoms. The summed E-state index contributed by atoms with van der Waals surface area (Å²) in [6.45, 7) is 2.00. The minimum atomic E-state index is 1.03. The molecule has 0 N–H and O–H groups in total. The molecule has 0 spiro atoms. The van der Waals surface area contributed by atoms with Crippen molar-refractivity contribution < 1.29 is 0 Å². The molecule has 0 aromatic carbocycles. The molecule has 0 unspecified atom stereocenters. The molecule has 0 aliphatic carbocycles. The van der Waals surface area contributed by atoms with Crippen molar-refractivity contribution in [2.24, 2.45) is 0 Å². The predicted octanol–water partition coefficient (Wildman–Crippen LogP) is 3.65. The third-order valence-electron chi connectivity index (χ3n) is 1.03. The third kappa shape index (κ3) is 7.51. The molecule has 0 amide bonds. The Balaban J connectivity index is 3.18. The van der Waals surface area contributed by atoms with E-state index in [0.717, 1.165) is 12.8 Å². The van der Waals surface area contributed by atoms with Gasteiger partial charge in [-0.2, -0.15) is 0 Å². The highest BCUT2D eigenvalue weighted by Crippen LogP contribution is 1.93. The number of hydrogen-bond acceptors (Lipinski definition) is 0. The van der Waals surface area contributed by atoms with Crippen LogP contribution in [0.15, 0.2) is 35.9 Å². The van der Waals surface area contributed by atoms with Crippen molar-refractivity contribution in [1.29, 1.82) is 0 Å². The smallest absolute Gasteiger partial charge is 0.000256 e. The van der Waals surface area contributed by atoms with Crippen LogP contribution >= 0.6 is 11.6 Å². The first-order chi connectivity index (χ1) is 4.91. The Morgan fingerprint density at radius 2 is 1.80 bits per heavy atom. The summed E-state index contributed by atoms with van der Waals surface area (Å²) in [4.78, 5) is 0. The summed E-state index contributed by atoms with van der Waals surface area (Å²) >= 11 is 5.32. The lowest BCUT2D eigenvalue weighted by molar-refractivity contribution is 1.05. The van der Waals surface area contributed by atoms with E-state index < -0.39 is 0 Å². The molecule has 0 rings (SSSR count). The normalized spacial score (nSPS) is 12.6. The molecule has 0 heterocycles. The van der Waals surface area contributed by atoms with Gasteiger partial charge < -0.3 is 0 Å². The fourth-order valence-electron chi connectivity index (χ4n) is 0.541. The molecule has 0 nitrogen and oxygen atoms in total. The van der Waals surface area contributed by atoms with Gasteiger partial charge in [0.25, 0.3) is 0 Å². The molecule has 0 atom stereocenters. The highest BCUT2D eigenvalue weighted by Gasteiger charge is 1.72. The fraction of sp³-hybridized carbons (Fsp3) is 0.333. The molecule has 0 aromatic heterocycles. The van der Waals surface area contributed by atoms with Gasteiger partial charge in [0.2, 0.25) is 0 Å². The lowest BCUT2D eigenvalue weighted by Gasteiger charge is -1.81. The van der Waals surface area contributed by atoms with Crippen molar-refractivity contribution in [3.63, 3.8) is 0 Å². The monoisotopic (exact) mass is 156 g/mol. The molecule has 0 radical (unpaired) electrons. The molecule has 0 aliphatic rings. The van der Waals surface area contributed by atoms with Crippen molar-refractivity contribution in [2.45, 2.75) is 19.8 Å². The average molecular weight is 157 g/mol. The van der Waals surface area contributed by atoms with Gasteiger partial charge in [-0.1, -0.05) is 42.0 Å². The molecule has 0 aromatic rings. The number of unbranched alkanes of at least 4 members (excludes halogenated alkanes) is 1. The van der Waals surface area contributed by atoms with Crippen LogP contribution in [0.1, 0.15) is 19.8 Å². The van der Waals surface area contributed by atoms with Crippen molar-refractivity contribution >= 4 is 11.6 Å². The Bertz CT molecular complexity index is 132. The van der Waals surface area contributed by atoms with E-state index in [0.29, 0.717) is 0 Å². The maximum Gasteiger partial charge on any atom is 0.000256 e. The Labute approximate surface area is 67.9 Å². The topological polar surface area (TPSA) is 0 Å². The number of halogens is 1. The molecule has 10 heavy (non-hydrogen) atoms. The number of allylic oxidation sites excluding steroid dienone is 5. The van der Waals surface area contributed by atoms with Gasteiger partial charge in [0, 0.05) is 5.54 Å². The largest absolute Gasteiger partial charge is 0.0933 e.